The van der Waals surface area contributed by atoms with E-state index in [1.165, 1.54) is 29.8 Å². The quantitative estimate of drug-likeness (QED) is 0.826. The molecule has 0 bridgehead atoms. The Bertz CT molecular complexity index is 295. The zero-order valence-electron chi connectivity index (χ0n) is 8.70. The molecular weight excluding hydrogens is 192 g/mol. The van der Waals surface area contributed by atoms with Crippen LogP contribution in [-0.2, 0) is 6.54 Å². The molecule has 78 valence electrons. The normalized spacial score (nSPS) is 23.1. The monoisotopic (exact) mass is 210 g/mol. The van der Waals surface area contributed by atoms with Crippen LogP contribution in [0.1, 0.15) is 23.3 Å². The van der Waals surface area contributed by atoms with Gasteiger partial charge in [-0.25, -0.2) is 0 Å². The third-order valence-corrected chi connectivity index (χ3v) is 4.09. The van der Waals surface area contributed by atoms with E-state index in [9.17, 15) is 0 Å². The van der Waals surface area contributed by atoms with Gasteiger partial charge in [-0.2, -0.15) is 0 Å². The summed E-state index contributed by atoms with van der Waals surface area (Å²) in [6, 6.07) is 2.82. The van der Waals surface area contributed by atoms with Gasteiger partial charge in [-0.05, 0) is 43.3 Å². The van der Waals surface area contributed by atoms with Gasteiger partial charge in [-0.3, -0.25) is 4.90 Å². The lowest BCUT2D eigenvalue weighted by molar-refractivity contribution is 0.252. The first-order valence-corrected chi connectivity index (χ1v) is 6.16. The maximum Gasteiger partial charge on any atom is 0.0334 e. The highest BCUT2D eigenvalue weighted by Crippen LogP contribution is 2.23. The highest BCUT2D eigenvalue weighted by Gasteiger charge is 2.23. The van der Waals surface area contributed by atoms with Gasteiger partial charge in [0.2, 0.25) is 0 Å². The zero-order valence-corrected chi connectivity index (χ0v) is 9.52. The molecule has 1 aliphatic heterocycles. The SMILES string of the molecule is Cc1ccsc1CN1CCCC1CN. The minimum absolute atomic E-state index is 0.622. The molecule has 1 atom stereocenters. The van der Waals surface area contributed by atoms with Gasteiger partial charge in [-0.1, -0.05) is 0 Å². The molecule has 1 aromatic heterocycles. The Balaban J connectivity index is 2.00. The molecule has 0 amide bonds. The predicted molar refractivity (Wildman–Crippen MR) is 61.5 cm³/mol. The Morgan fingerprint density at radius 2 is 2.50 bits per heavy atom. The summed E-state index contributed by atoms with van der Waals surface area (Å²) >= 11 is 1.87. The maximum absolute atomic E-state index is 5.75. The fraction of sp³-hybridized carbons (Fsp3) is 0.636. The van der Waals surface area contributed by atoms with E-state index in [2.05, 4.69) is 23.3 Å². The number of rotatable bonds is 3. The smallest absolute Gasteiger partial charge is 0.0334 e. The molecule has 1 aromatic rings. The van der Waals surface area contributed by atoms with Crippen molar-refractivity contribution < 1.29 is 0 Å². The van der Waals surface area contributed by atoms with Crippen molar-refractivity contribution in [2.45, 2.75) is 32.4 Å². The molecule has 2 N–H and O–H groups in total. The number of likely N-dealkylation sites (tertiary alicyclic amines) is 1. The summed E-state index contributed by atoms with van der Waals surface area (Å²) in [5.74, 6) is 0. The van der Waals surface area contributed by atoms with Gasteiger partial charge in [0.25, 0.3) is 0 Å². The average molecular weight is 210 g/mol. The van der Waals surface area contributed by atoms with Crippen LogP contribution in [0.25, 0.3) is 0 Å². The molecule has 1 fully saturated rings. The fourth-order valence-corrected chi connectivity index (χ4v) is 3.05. The molecule has 0 spiro atoms. The van der Waals surface area contributed by atoms with Crippen LogP contribution in [0.5, 0.6) is 0 Å². The van der Waals surface area contributed by atoms with Gasteiger partial charge in [0.15, 0.2) is 0 Å². The summed E-state index contributed by atoms with van der Waals surface area (Å²) in [6.45, 7) is 5.33. The fourth-order valence-electron chi connectivity index (χ4n) is 2.12. The Labute approximate surface area is 89.7 Å². The van der Waals surface area contributed by atoms with Crippen molar-refractivity contribution >= 4 is 11.3 Å². The summed E-state index contributed by atoms with van der Waals surface area (Å²) in [5.41, 5.74) is 7.18. The first-order valence-electron chi connectivity index (χ1n) is 5.28. The molecule has 2 nitrogen and oxygen atoms in total. The van der Waals surface area contributed by atoms with E-state index in [0.29, 0.717) is 6.04 Å². The van der Waals surface area contributed by atoms with E-state index in [1.807, 2.05) is 11.3 Å². The van der Waals surface area contributed by atoms with E-state index < -0.39 is 0 Å². The van der Waals surface area contributed by atoms with Crippen molar-refractivity contribution in [3.63, 3.8) is 0 Å². The summed E-state index contributed by atoms with van der Waals surface area (Å²) in [4.78, 5) is 4.03. The van der Waals surface area contributed by atoms with Gasteiger partial charge >= 0.3 is 0 Å². The first kappa shape index (κ1) is 10.1. The summed E-state index contributed by atoms with van der Waals surface area (Å²) in [5, 5.41) is 2.18. The highest BCUT2D eigenvalue weighted by atomic mass is 32.1. The molecule has 2 heterocycles. The van der Waals surface area contributed by atoms with Gasteiger partial charge < -0.3 is 5.73 Å². The van der Waals surface area contributed by atoms with Crippen LogP contribution in [0.4, 0.5) is 0 Å². The minimum Gasteiger partial charge on any atom is -0.329 e. The number of hydrogen-bond acceptors (Lipinski definition) is 3. The van der Waals surface area contributed by atoms with Crippen LogP contribution in [0.15, 0.2) is 11.4 Å². The Morgan fingerprint density at radius 1 is 1.64 bits per heavy atom. The van der Waals surface area contributed by atoms with E-state index in [1.54, 1.807) is 0 Å². The lowest BCUT2D eigenvalue weighted by Gasteiger charge is -2.22. The van der Waals surface area contributed by atoms with Crippen molar-refractivity contribution in [1.82, 2.24) is 4.90 Å². The van der Waals surface area contributed by atoms with Crippen LogP contribution >= 0.6 is 11.3 Å². The van der Waals surface area contributed by atoms with Crippen molar-refractivity contribution in [2.75, 3.05) is 13.1 Å². The molecule has 0 radical (unpaired) electrons. The van der Waals surface area contributed by atoms with E-state index in [-0.39, 0.29) is 0 Å². The number of hydrogen-bond donors (Lipinski definition) is 1. The molecule has 0 saturated carbocycles. The summed E-state index contributed by atoms with van der Waals surface area (Å²) in [6.07, 6.45) is 2.59. The van der Waals surface area contributed by atoms with E-state index in [0.717, 1.165) is 13.1 Å². The van der Waals surface area contributed by atoms with Gasteiger partial charge in [-0.15, -0.1) is 11.3 Å². The third-order valence-electron chi connectivity index (χ3n) is 3.09. The second kappa shape index (κ2) is 4.43. The lowest BCUT2D eigenvalue weighted by Crippen LogP contribution is -2.34. The molecular formula is C11H18N2S. The second-order valence-electron chi connectivity index (χ2n) is 4.03. The number of nitrogens with two attached hydrogens (primary N) is 1. The predicted octanol–water partition coefficient (Wildman–Crippen LogP) is 1.98. The van der Waals surface area contributed by atoms with E-state index in [4.69, 9.17) is 5.73 Å². The largest absolute Gasteiger partial charge is 0.329 e. The van der Waals surface area contributed by atoms with Crippen LogP contribution in [0.2, 0.25) is 0 Å². The van der Waals surface area contributed by atoms with E-state index >= 15 is 0 Å². The molecule has 2 rings (SSSR count). The van der Waals surface area contributed by atoms with Crippen LogP contribution in [0, 0.1) is 6.92 Å². The molecule has 14 heavy (non-hydrogen) atoms. The zero-order chi connectivity index (χ0) is 9.97. The topological polar surface area (TPSA) is 29.3 Å². The number of nitrogens with zero attached hydrogens (tertiary/aromatic N) is 1. The Morgan fingerprint density at radius 3 is 3.14 bits per heavy atom. The average Bonchev–Trinajstić information content (AvgIpc) is 2.77. The van der Waals surface area contributed by atoms with Crippen molar-refractivity contribution in [2.24, 2.45) is 5.73 Å². The van der Waals surface area contributed by atoms with Crippen LogP contribution < -0.4 is 5.73 Å². The first-order chi connectivity index (χ1) is 6.81. The second-order valence-corrected chi connectivity index (χ2v) is 5.03. The molecule has 1 saturated heterocycles. The minimum atomic E-state index is 0.622. The highest BCUT2D eigenvalue weighted by molar-refractivity contribution is 7.10. The van der Waals surface area contributed by atoms with Crippen LogP contribution in [0.3, 0.4) is 0 Å². The molecule has 1 unspecified atom stereocenters. The Kier molecular flexibility index (Phi) is 3.21. The van der Waals surface area contributed by atoms with Gasteiger partial charge in [0.05, 0.1) is 0 Å². The van der Waals surface area contributed by atoms with Gasteiger partial charge in [0.1, 0.15) is 0 Å². The molecule has 1 aliphatic rings. The van der Waals surface area contributed by atoms with Crippen molar-refractivity contribution in [1.29, 1.82) is 0 Å². The number of thiophene rings is 1. The molecule has 0 aromatic carbocycles. The van der Waals surface area contributed by atoms with Crippen LogP contribution in [-0.4, -0.2) is 24.0 Å². The number of aryl methyl sites for hydroxylation is 1. The third kappa shape index (κ3) is 2.00. The lowest BCUT2D eigenvalue weighted by atomic mass is 10.2. The van der Waals surface area contributed by atoms with Crippen molar-refractivity contribution in [3.05, 3.63) is 21.9 Å². The standard InChI is InChI=1S/C11H18N2S/c1-9-4-6-14-11(9)8-13-5-2-3-10(13)7-12/h4,6,10H,2-3,5,7-8,12H2,1H3. The van der Waals surface area contributed by atoms with Gasteiger partial charge in [0, 0.05) is 24.0 Å². The van der Waals surface area contributed by atoms with Crippen molar-refractivity contribution in [3.8, 4) is 0 Å². The summed E-state index contributed by atoms with van der Waals surface area (Å²) < 4.78 is 0. The molecule has 3 heteroatoms. The summed E-state index contributed by atoms with van der Waals surface area (Å²) in [7, 11) is 0. The molecule has 0 aliphatic carbocycles. The Hall–Kier alpha value is -0.380. The maximum atomic E-state index is 5.75.